The van der Waals surface area contributed by atoms with Crippen molar-refractivity contribution >= 4 is 34.2 Å². The van der Waals surface area contributed by atoms with Crippen molar-refractivity contribution < 1.29 is 13.2 Å². The largest absolute Gasteiger partial charge is 0.325 e. The molecule has 0 N–H and O–H groups in total. The van der Waals surface area contributed by atoms with Crippen LogP contribution in [0, 0.1) is 5.82 Å². The van der Waals surface area contributed by atoms with E-state index >= 15 is 0 Å². The molecule has 4 nitrogen and oxygen atoms in total. The van der Waals surface area contributed by atoms with Crippen LogP contribution < -0.4 is 0 Å². The monoisotopic (exact) mass is 428 g/mol. The molecule has 0 radical (unpaired) electrons. The minimum atomic E-state index is -2.71. The lowest BCUT2D eigenvalue weighted by molar-refractivity contribution is 0.00744. The second-order valence-corrected chi connectivity index (χ2v) is 8.14. The van der Waals surface area contributed by atoms with Crippen LogP contribution in [0.2, 0.25) is 10.3 Å². The van der Waals surface area contributed by atoms with Crippen molar-refractivity contribution in [2.24, 2.45) is 0 Å². The second-order valence-electron chi connectivity index (χ2n) is 7.39. The summed E-state index contributed by atoms with van der Waals surface area (Å²) in [6.07, 6.45) is 1.22. The molecule has 3 aromatic rings. The molecular formula is C19H17Cl2F3N4. The topological polar surface area (TPSA) is 43.6 Å². The number of hydrogen-bond acceptors (Lipinski definition) is 3. The van der Waals surface area contributed by atoms with Gasteiger partial charge in [-0.25, -0.2) is 28.1 Å². The molecule has 1 saturated carbocycles. The molecule has 0 bridgehead atoms. The van der Waals surface area contributed by atoms with Gasteiger partial charge < -0.3 is 4.57 Å². The van der Waals surface area contributed by atoms with Gasteiger partial charge in [-0.15, -0.1) is 0 Å². The van der Waals surface area contributed by atoms with Crippen LogP contribution in [0.3, 0.4) is 0 Å². The minimum absolute atomic E-state index is 0.00820. The number of alkyl halides is 2. The van der Waals surface area contributed by atoms with Gasteiger partial charge in [0.1, 0.15) is 11.3 Å². The first-order chi connectivity index (χ1) is 13.2. The van der Waals surface area contributed by atoms with Gasteiger partial charge in [0.25, 0.3) is 0 Å². The third-order valence-corrected chi connectivity index (χ3v) is 5.51. The van der Waals surface area contributed by atoms with Gasteiger partial charge in [0.05, 0.1) is 22.4 Å². The Labute approximate surface area is 169 Å². The molecule has 1 aromatic carbocycles. The Kier molecular flexibility index (Phi) is 4.78. The van der Waals surface area contributed by atoms with Gasteiger partial charge in [-0.2, -0.15) is 0 Å². The lowest BCUT2D eigenvalue weighted by Gasteiger charge is -2.17. The first-order valence-corrected chi connectivity index (χ1v) is 9.69. The van der Waals surface area contributed by atoms with Crippen LogP contribution in [-0.4, -0.2) is 25.4 Å². The number of benzene rings is 1. The number of nitrogens with zero attached hydrogens (tertiary/aromatic N) is 4. The summed E-state index contributed by atoms with van der Waals surface area (Å²) < 4.78 is 44.3. The Morgan fingerprint density at radius 1 is 1.21 bits per heavy atom. The lowest BCUT2D eigenvalue weighted by Crippen LogP contribution is -2.13. The maximum Gasteiger partial charge on any atom is 0.248 e. The second kappa shape index (κ2) is 6.88. The molecule has 2 heterocycles. The Morgan fingerprint density at radius 3 is 2.61 bits per heavy atom. The Balaban J connectivity index is 1.92. The molecule has 4 rings (SSSR count). The average Bonchev–Trinajstić information content (AvgIpc) is 3.17. The highest BCUT2D eigenvalue weighted by molar-refractivity contribution is 6.33. The SMILES string of the molecule is CC(C)n1c(C2CCC(F)(F)C2)nc2c(F)cc(-c3nc(Cl)ncc3Cl)cc21. The van der Waals surface area contributed by atoms with Gasteiger partial charge >= 0.3 is 0 Å². The molecule has 1 fully saturated rings. The molecular weight excluding hydrogens is 412 g/mol. The fourth-order valence-electron chi connectivity index (χ4n) is 3.86. The molecule has 1 aliphatic rings. The maximum atomic E-state index is 14.9. The van der Waals surface area contributed by atoms with E-state index in [4.69, 9.17) is 23.2 Å². The van der Waals surface area contributed by atoms with E-state index in [2.05, 4.69) is 15.0 Å². The first kappa shape index (κ1) is 19.5. The summed E-state index contributed by atoms with van der Waals surface area (Å²) in [5, 5.41) is 0.223. The van der Waals surface area contributed by atoms with Gasteiger partial charge in [0.15, 0.2) is 5.82 Å². The highest BCUT2D eigenvalue weighted by Crippen LogP contribution is 2.45. The van der Waals surface area contributed by atoms with Crippen molar-refractivity contribution in [3.63, 3.8) is 0 Å². The van der Waals surface area contributed by atoms with E-state index in [-0.39, 0.29) is 34.7 Å². The van der Waals surface area contributed by atoms with Gasteiger partial charge in [0.2, 0.25) is 11.2 Å². The quantitative estimate of drug-likeness (QED) is 0.451. The minimum Gasteiger partial charge on any atom is -0.325 e. The normalized spacial score (nSPS) is 19.1. The van der Waals surface area contributed by atoms with Crippen LogP contribution in [0.5, 0.6) is 0 Å². The Morgan fingerprint density at radius 2 is 1.96 bits per heavy atom. The number of imidazole rings is 1. The number of halogens is 5. The average molecular weight is 429 g/mol. The highest BCUT2D eigenvalue weighted by Gasteiger charge is 2.42. The van der Waals surface area contributed by atoms with Crippen molar-refractivity contribution in [3.05, 3.63) is 40.3 Å². The zero-order valence-corrected chi connectivity index (χ0v) is 16.7. The van der Waals surface area contributed by atoms with Crippen molar-refractivity contribution in [2.75, 3.05) is 0 Å². The van der Waals surface area contributed by atoms with Crippen LogP contribution in [0.25, 0.3) is 22.3 Å². The summed E-state index contributed by atoms with van der Waals surface area (Å²) in [4.78, 5) is 12.3. The molecule has 148 valence electrons. The summed E-state index contributed by atoms with van der Waals surface area (Å²) in [5.41, 5.74) is 1.39. The highest BCUT2D eigenvalue weighted by atomic mass is 35.5. The smallest absolute Gasteiger partial charge is 0.248 e. The molecule has 2 aromatic heterocycles. The third kappa shape index (κ3) is 3.35. The molecule has 0 saturated heterocycles. The van der Waals surface area contributed by atoms with Crippen molar-refractivity contribution in [3.8, 4) is 11.3 Å². The van der Waals surface area contributed by atoms with E-state index in [0.717, 1.165) is 0 Å². The maximum absolute atomic E-state index is 14.9. The van der Waals surface area contributed by atoms with Crippen LogP contribution in [0.15, 0.2) is 18.3 Å². The number of hydrogen-bond donors (Lipinski definition) is 0. The van der Waals surface area contributed by atoms with E-state index in [1.807, 2.05) is 18.4 Å². The molecule has 1 unspecified atom stereocenters. The van der Waals surface area contributed by atoms with Crippen LogP contribution in [0.4, 0.5) is 13.2 Å². The van der Waals surface area contributed by atoms with Crippen molar-refractivity contribution in [1.29, 1.82) is 0 Å². The number of aromatic nitrogens is 4. The van der Waals surface area contributed by atoms with Gasteiger partial charge in [0, 0.05) is 30.4 Å². The molecule has 9 heteroatoms. The summed E-state index contributed by atoms with van der Waals surface area (Å²) in [5.74, 6) is -3.20. The number of fused-ring (bicyclic) bond motifs is 1. The predicted molar refractivity (Wildman–Crippen MR) is 103 cm³/mol. The fourth-order valence-corrected chi connectivity index (χ4v) is 4.19. The molecule has 0 amide bonds. The van der Waals surface area contributed by atoms with E-state index < -0.39 is 17.7 Å². The van der Waals surface area contributed by atoms with E-state index in [1.165, 1.54) is 12.3 Å². The third-order valence-electron chi connectivity index (χ3n) is 5.05. The Bertz CT molecular complexity index is 1070. The molecule has 1 atom stereocenters. The lowest BCUT2D eigenvalue weighted by atomic mass is 10.1. The fraction of sp³-hybridized carbons (Fsp3) is 0.421. The van der Waals surface area contributed by atoms with Crippen LogP contribution in [0.1, 0.15) is 50.9 Å². The standard InChI is InChI=1S/C19H17Cl2F3N4/c1-9(2)28-14-6-11(15-12(20)8-25-18(21)27-15)5-13(22)16(14)26-17(28)10-3-4-19(23,24)7-10/h5-6,8-10H,3-4,7H2,1-2H3. The first-order valence-electron chi connectivity index (χ1n) is 8.94. The zero-order valence-electron chi connectivity index (χ0n) is 15.2. The summed E-state index contributed by atoms with van der Waals surface area (Å²) in [7, 11) is 0. The van der Waals surface area contributed by atoms with E-state index in [1.54, 1.807) is 6.07 Å². The van der Waals surface area contributed by atoms with Gasteiger partial charge in [-0.1, -0.05) is 11.6 Å². The molecule has 0 spiro atoms. The van der Waals surface area contributed by atoms with Gasteiger partial charge in [-0.05, 0) is 44.0 Å². The van der Waals surface area contributed by atoms with Crippen molar-refractivity contribution in [2.45, 2.75) is 51.0 Å². The zero-order chi connectivity index (χ0) is 20.2. The summed E-state index contributed by atoms with van der Waals surface area (Å²) in [6.45, 7) is 3.83. The van der Waals surface area contributed by atoms with Gasteiger partial charge in [-0.3, -0.25) is 0 Å². The van der Waals surface area contributed by atoms with E-state index in [0.29, 0.717) is 29.0 Å². The summed E-state index contributed by atoms with van der Waals surface area (Å²) >= 11 is 12.0. The predicted octanol–water partition coefficient (Wildman–Crippen LogP) is 6.42. The molecule has 28 heavy (non-hydrogen) atoms. The summed E-state index contributed by atoms with van der Waals surface area (Å²) in [6, 6.07) is 2.90. The van der Waals surface area contributed by atoms with Crippen LogP contribution >= 0.6 is 23.2 Å². The Hall–Kier alpha value is -1.86. The van der Waals surface area contributed by atoms with Crippen LogP contribution in [-0.2, 0) is 0 Å². The molecule has 0 aliphatic heterocycles. The van der Waals surface area contributed by atoms with Crippen molar-refractivity contribution in [1.82, 2.24) is 19.5 Å². The molecule has 1 aliphatic carbocycles. The van der Waals surface area contributed by atoms with E-state index in [9.17, 15) is 13.2 Å². The number of rotatable bonds is 3.